The van der Waals surface area contributed by atoms with E-state index in [1.807, 2.05) is 0 Å². The maximum absolute atomic E-state index is 4.32. The Bertz CT molecular complexity index is 329. The molecule has 1 aliphatic heterocycles. The minimum atomic E-state index is 0.134. The summed E-state index contributed by atoms with van der Waals surface area (Å²) in [6.07, 6.45) is 8.68. The van der Waals surface area contributed by atoms with Gasteiger partial charge in [-0.05, 0) is 18.1 Å². The predicted octanol–water partition coefficient (Wildman–Crippen LogP) is 2.63. The number of nitrogens with zero attached hydrogens (tertiary/aromatic N) is 2. The van der Waals surface area contributed by atoms with E-state index >= 15 is 0 Å². The molecule has 0 saturated carbocycles. The van der Waals surface area contributed by atoms with Gasteiger partial charge in [-0.2, -0.15) is 0 Å². The van der Waals surface area contributed by atoms with Crippen molar-refractivity contribution < 1.29 is 0 Å². The molecule has 74 valence electrons. The van der Waals surface area contributed by atoms with E-state index in [1.54, 1.807) is 0 Å². The van der Waals surface area contributed by atoms with Crippen LogP contribution in [0.25, 0.3) is 0 Å². The van der Waals surface area contributed by atoms with E-state index in [1.165, 1.54) is 0 Å². The van der Waals surface area contributed by atoms with Gasteiger partial charge >= 0.3 is 0 Å². The average molecular weight is 188 g/mol. The average Bonchev–Trinajstić information content (AvgIpc) is 2.53. The Hall–Kier alpha value is -1.18. The van der Waals surface area contributed by atoms with Crippen molar-refractivity contribution in [1.29, 1.82) is 0 Å². The lowest BCUT2D eigenvalue weighted by Crippen LogP contribution is -2.17. The van der Waals surface area contributed by atoms with Crippen LogP contribution >= 0.6 is 0 Å². The second-order valence-electron chi connectivity index (χ2n) is 4.42. The molecule has 0 amide bonds. The first-order valence-corrected chi connectivity index (χ1v) is 5.09. The smallest absolute Gasteiger partial charge is 0.130 e. The fraction of sp³-hybridized carbons (Fsp3) is 0.500. The van der Waals surface area contributed by atoms with Crippen LogP contribution in [0.5, 0.6) is 0 Å². The molecule has 2 rings (SSSR count). The highest BCUT2D eigenvalue weighted by Crippen LogP contribution is 2.32. The van der Waals surface area contributed by atoms with Crippen LogP contribution in [-0.2, 0) is 0 Å². The summed E-state index contributed by atoms with van der Waals surface area (Å²) < 4.78 is 0. The van der Waals surface area contributed by atoms with Gasteiger partial charge in [-0.3, -0.25) is 9.98 Å². The third-order valence-corrected chi connectivity index (χ3v) is 3.19. The van der Waals surface area contributed by atoms with Crippen LogP contribution in [0.4, 0.5) is 0 Å². The molecule has 0 unspecified atom stereocenters. The molecule has 0 spiro atoms. The highest BCUT2D eigenvalue weighted by Gasteiger charge is 2.25. The summed E-state index contributed by atoms with van der Waals surface area (Å²) in [7, 11) is 0. The maximum Gasteiger partial charge on any atom is 0.130 e. The molecular weight excluding hydrogens is 172 g/mol. The fourth-order valence-electron chi connectivity index (χ4n) is 1.58. The molecule has 0 bridgehead atoms. The molecule has 0 atom stereocenters. The zero-order chi connectivity index (χ0) is 10.2. The second kappa shape index (κ2) is 3.19. The Morgan fingerprint density at radius 3 is 2.07 bits per heavy atom. The van der Waals surface area contributed by atoms with E-state index in [4.69, 9.17) is 0 Å². The van der Waals surface area contributed by atoms with Crippen molar-refractivity contribution in [3.8, 4) is 0 Å². The summed E-state index contributed by atoms with van der Waals surface area (Å²) in [5.74, 6) is 0.593. The number of hydrogen-bond acceptors (Lipinski definition) is 2. The third kappa shape index (κ3) is 1.45. The number of aliphatic imine (C=N–C) groups is 2. The summed E-state index contributed by atoms with van der Waals surface area (Å²) in [6, 6.07) is 0. The Morgan fingerprint density at radius 2 is 1.64 bits per heavy atom. The summed E-state index contributed by atoms with van der Waals surface area (Å²) in [4.78, 5) is 8.63. The molecule has 0 aromatic carbocycles. The van der Waals surface area contributed by atoms with Crippen LogP contribution in [0.1, 0.15) is 20.8 Å². The molecular formula is C12H16N2. The molecule has 0 saturated heterocycles. The van der Waals surface area contributed by atoms with Crippen molar-refractivity contribution in [2.24, 2.45) is 21.3 Å². The van der Waals surface area contributed by atoms with Gasteiger partial charge in [0.25, 0.3) is 0 Å². The van der Waals surface area contributed by atoms with Crippen LogP contribution in [-0.4, -0.2) is 18.1 Å². The van der Waals surface area contributed by atoms with Crippen molar-refractivity contribution in [3.63, 3.8) is 0 Å². The number of allylic oxidation sites excluding steroid dienone is 4. The van der Waals surface area contributed by atoms with Gasteiger partial charge in [0, 0.05) is 5.41 Å². The molecule has 0 radical (unpaired) electrons. The van der Waals surface area contributed by atoms with Gasteiger partial charge in [0.15, 0.2) is 0 Å². The molecule has 14 heavy (non-hydrogen) atoms. The number of hydrogen-bond donors (Lipinski definition) is 0. The number of rotatable bonds is 1. The monoisotopic (exact) mass is 188 g/mol. The Kier molecular flexibility index (Phi) is 2.14. The van der Waals surface area contributed by atoms with E-state index in [9.17, 15) is 0 Å². The van der Waals surface area contributed by atoms with Gasteiger partial charge in [0.1, 0.15) is 6.67 Å². The predicted molar refractivity (Wildman–Crippen MR) is 61.0 cm³/mol. The first kappa shape index (κ1) is 9.38. The molecule has 2 heteroatoms. The Balaban J connectivity index is 2.38. The zero-order valence-electron chi connectivity index (χ0n) is 8.99. The van der Waals surface area contributed by atoms with Crippen molar-refractivity contribution >= 4 is 11.4 Å². The largest absolute Gasteiger partial charge is 0.260 e. The zero-order valence-corrected chi connectivity index (χ0v) is 8.99. The van der Waals surface area contributed by atoms with Gasteiger partial charge in [0.05, 0.1) is 11.4 Å². The van der Waals surface area contributed by atoms with Crippen molar-refractivity contribution in [3.05, 3.63) is 24.3 Å². The SMILES string of the molecule is CC(C)C1(C)C=CC2=NCN=C2C=C1. The minimum absolute atomic E-state index is 0.134. The molecule has 0 aromatic heterocycles. The van der Waals surface area contributed by atoms with Gasteiger partial charge in [-0.25, -0.2) is 0 Å². The van der Waals surface area contributed by atoms with E-state index in [2.05, 4.69) is 55.1 Å². The van der Waals surface area contributed by atoms with Gasteiger partial charge in [-0.15, -0.1) is 0 Å². The lowest BCUT2D eigenvalue weighted by molar-refractivity contribution is 0.384. The minimum Gasteiger partial charge on any atom is -0.260 e. The van der Waals surface area contributed by atoms with E-state index in [-0.39, 0.29) is 5.41 Å². The highest BCUT2D eigenvalue weighted by atomic mass is 15.0. The van der Waals surface area contributed by atoms with Crippen LogP contribution in [0, 0.1) is 11.3 Å². The van der Waals surface area contributed by atoms with Gasteiger partial charge in [-0.1, -0.05) is 32.9 Å². The van der Waals surface area contributed by atoms with Gasteiger partial charge < -0.3 is 0 Å². The van der Waals surface area contributed by atoms with Gasteiger partial charge in [0.2, 0.25) is 0 Å². The summed E-state index contributed by atoms with van der Waals surface area (Å²) in [5, 5.41) is 0. The topological polar surface area (TPSA) is 24.7 Å². The van der Waals surface area contributed by atoms with Crippen molar-refractivity contribution in [1.82, 2.24) is 0 Å². The third-order valence-electron chi connectivity index (χ3n) is 3.19. The molecule has 0 fully saturated rings. The second-order valence-corrected chi connectivity index (χ2v) is 4.42. The van der Waals surface area contributed by atoms with Crippen molar-refractivity contribution in [2.45, 2.75) is 20.8 Å². The first-order valence-electron chi connectivity index (χ1n) is 5.09. The van der Waals surface area contributed by atoms with Crippen LogP contribution < -0.4 is 0 Å². The molecule has 2 aliphatic rings. The standard InChI is InChI=1S/C12H16N2/c1-9(2)12(3)6-4-10-11(5-7-12)14-8-13-10/h4-7,9H,8H2,1-3H3. The molecule has 0 aromatic rings. The highest BCUT2D eigenvalue weighted by molar-refractivity contribution is 6.51. The summed E-state index contributed by atoms with van der Waals surface area (Å²) >= 11 is 0. The molecule has 1 heterocycles. The quantitative estimate of drug-likeness (QED) is 0.604. The Morgan fingerprint density at radius 1 is 1.14 bits per heavy atom. The fourth-order valence-corrected chi connectivity index (χ4v) is 1.58. The normalized spacial score (nSPS) is 23.1. The summed E-state index contributed by atoms with van der Waals surface area (Å²) in [6.45, 7) is 7.31. The first-order chi connectivity index (χ1) is 6.62. The van der Waals surface area contributed by atoms with Crippen LogP contribution in [0.2, 0.25) is 0 Å². The maximum atomic E-state index is 4.32. The van der Waals surface area contributed by atoms with Crippen LogP contribution in [0.3, 0.4) is 0 Å². The number of fused-ring (bicyclic) bond motifs is 1. The lowest BCUT2D eigenvalue weighted by atomic mass is 9.79. The van der Waals surface area contributed by atoms with E-state index in [0.29, 0.717) is 12.6 Å². The lowest BCUT2D eigenvalue weighted by Gasteiger charge is -2.25. The van der Waals surface area contributed by atoms with E-state index in [0.717, 1.165) is 11.4 Å². The van der Waals surface area contributed by atoms with Crippen molar-refractivity contribution in [2.75, 3.05) is 6.67 Å². The molecule has 1 aliphatic carbocycles. The Labute approximate surface area is 85.2 Å². The summed E-state index contributed by atoms with van der Waals surface area (Å²) in [5.41, 5.74) is 2.20. The van der Waals surface area contributed by atoms with E-state index < -0.39 is 0 Å². The molecule has 0 N–H and O–H groups in total. The van der Waals surface area contributed by atoms with Crippen LogP contribution in [0.15, 0.2) is 34.3 Å². The molecule has 2 nitrogen and oxygen atoms in total.